The van der Waals surface area contributed by atoms with Gasteiger partial charge in [-0.15, -0.1) is 0 Å². The second-order valence-corrected chi connectivity index (χ2v) is 7.17. The lowest BCUT2D eigenvalue weighted by Crippen LogP contribution is -2.29. The van der Waals surface area contributed by atoms with Gasteiger partial charge in [0.25, 0.3) is 0 Å². The minimum absolute atomic E-state index is 0.0770. The number of rotatable bonds is 4. The van der Waals surface area contributed by atoms with E-state index in [0.29, 0.717) is 7.14 Å². The van der Waals surface area contributed by atoms with Gasteiger partial charge in [0.05, 0.1) is 15.1 Å². The first kappa shape index (κ1) is 20.7. The fourth-order valence-corrected chi connectivity index (χ4v) is 3.92. The Hall–Kier alpha value is -1.64. The number of phenols is 1. The van der Waals surface area contributed by atoms with Gasteiger partial charge in [-0.2, -0.15) is 0 Å². The highest BCUT2D eigenvalue weighted by molar-refractivity contribution is 14.1. The van der Waals surface area contributed by atoms with Crippen molar-refractivity contribution in [3.05, 3.63) is 59.2 Å². The predicted octanol–water partition coefficient (Wildman–Crippen LogP) is 2.88. The molecule has 138 valence electrons. The summed E-state index contributed by atoms with van der Waals surface area (Å²) in [5.74, 6) is -13.7. The molecule has 0 heterocycles. The molecule has 2 aromatic carbocycles. The molecule has 0 fully saturated rings. The van der Waals surface area contributed by atoms with Gasteiger partial charge in [0.2, 0.25) is 0 Å². The first-order chi connectivity index (χ1) is 12.1. The van der Waals surface area contributed by atoms with E-state index in [4.69, 9.17) is 0 Å². The minimum Gasteiger partial charge on any atom is -0.545 e. The van der Waals surface area contributed by atoms with E-state index < -0.39 is 52.9 Å². The lowest BCUT2D eigenvalue weighted by atomic mass is 10.1. The number of benzene rings is 2. The molecule has 0 saturated heterocycles. The van der Waals surface area contributed by atoms with Gasteiger partial charge in [0.15, 0.2) is 23.3 Å². The van der Waals surface area contributed by atoms with E-state index >= 15 is 0 Å². The second-order valence-electron chi connectivity index (χ2n) is 4.76. The molecule has 0 spiro atoms. The number of esters is 1. The van der Waals surface area contributed by atoms with Gasteiger partial charge in [0, 0.05) is 9.13 Å². The quantitative estimate of drug-likeness (QED) is 0.193. The van der Waals surface area contributed by atoms with Crippen molar-refractivity contribution in [1.82, 2.24) is 0 Å². The molecule has 2 aromatic rings. The Bertz CT molecular complexity index is 933. The van der Waals surface area contributed by atoms with Crippen LogP contribution in [-0.2, 0) is 11.3 Å². The van der Waals surface area contributed by atoms with E-state index in [9.17, 15) is 37.4 Å². The molecule has 2 rings (SSSR count). The van der Waals surface area contributed by atoms with Crippen LogP contribution >= 0.6 is 45.2 Å². The predicted molar refractivity (Wildman–Crippen MR) is 93.3 cm³/mol. The van der Waals surface area contributed by atoms with Crippen LogP contribution in [0.3, 0.4) is 0 Å². The molecule has 0 bridgehead atoms. The molecular weight excluding hydrogens is 590 g/mol. The molecule has 5 nitrogen and oxygen atoms in total. The number of aromatic hydroxyl groups is 1. The van der Waals surface area contributed by atoms with Gasteiger partial charge < -0.3 is 19.7 Å². The number of carboxylic acids is 1. The third-order valence-corrected chi connectivity index (χ3v) is 4.59. The molecule has 0 saturated carbocycles. The number of halogens is 6. The fourth-order valence-electron chi connectivity index (χ4n) is 1.96. The highest BCUT2D eigenvalue weighted by Gasteiger charge is 2.31. The lowest BCUT2D eigenvalue weighted by Gasteiger charge is -2.14. The topological polar surface area (TPSA) is 86.7 Å². The number of phenolic OH excluding ortho intramolecular Hbond substituents is 1. The number of hydrogen-bond acceptors (Lipinski definition) is 5. The van der Waals surface area contributed by atoms with Crippen molar-refractivity contribution in [3.8, 4) is 5.75 Å². The van der Waals surface area contributed by atoms with E-state index in [1.165, 1.54) is 6.07 Å². The Morgan fingerprint density at radius 2 is 1.54 bits per heavy atom. The Morgan fingerprint density at radius 3 is 2.08 bits per heavy atom. The number of ether oxygens (including phenoxy) is 1. The highest BCUT2D eigenvalue weighted by Crippen LogP contribution is 2.29. The molecule has 0 aliphatic rings. The van der Waals surface area contributed by atoms with Crippen LogP contribution in [0.5, 0.6) is 5.75 Å². The van der Waals surface area contributed by atoms with Crippen molar-refractivity contribution in [2.24, 2.45) is 0 Å². The minimum atomic E-state index is -2.43. The number of carboxylic acid groups (broad SMARTS) is 1. The maximum Gasteiger partial charge on any atom is 0.342 e. The molecular formula is C15H5F4I2O5-. The van der Waals surface area contributed by atoms with Crippen molar-refractivity contribution in [3.63, 3.8) is 0 Å². The van der Waals surface area contributed by atoms with Gasteiger partial charge in [0.1, 0.15) is 17.9 Å². The summed E-state index contributed by atoms with van der Waals surface area (Å²) >= 11 is 3.70. The van der Waals surface area contributed by atoms with Gasteiger partial charge in [-0.05, 0) is 57.3 Å². The zero-order valence-corrected chi connectivity index (χ0v) is 16.5. The van der Waals surface area contributed by atoms with Crippen molar-refractivity contribution < 1.29 is 42.1 Å². The molecule has 0 aromatic heterocycles. The van der Waals surface area contributed by atoms with Gasteiger partial charge >= 0.3 is 5.97 Å². The molecule has 1 N–H and O–H groups in total. The molecule has 26 heavy (non-hydrogen) atoms. The summed E-state index contributed by atoms with van der Waals surface area (Å²) in [5, 5.41) is 20.8. The number of carbonyl (C=O) groups excluding carboxylic acids is 2. The van der Waals surface area contributed by atoms with E-state index in [0.717, 1.165) is 0 Å². The third-order valence-electron chi connectivity index (χ3n) is 3.14. The zero-order valence-electron chi connectivity index (χ0n) is 12.2. The summed E-state index contributed by atoms with van der Waals surface area (Å²) in [6, 6.07) is 3.01. The van der Waals surface area contributed by atoms with Crippen molar-refractivity contribution in [1.29, 1.82) is 0 Å². The summed E-state index contributed by atoms with van der Waals surface area (Å²) in [5.41, 5.74) is -3.37. The van der Waals surface area contributed by atoms with E-state index in [-0.39, 0.29) is 11.3 Å². The van der Waals surface area contributed by atoms with Crippen LogP contribution in [0.25, 0.3) is 0 Å². The maximum atomic E-state index is 13.8. The molecule has 0 aliphatic carbocycles. The average Bonchev–Trinajstić information content (AvgIpc) is 2.57. The highest BCUT2D eigenvalue weighted by atomic mass is 127. The van der Waals surface area contributed by atoms with Gasteiger partial charge in [-0.25, -0.2) is 22.4 Å². The van der Waals surface area contributed by atoms with Gasteiger partial charge in [-0.1, -0.05) is 0 Å². The van der Waals surface area contributed by atoms with E-state index in [2.05, 4.69) is 4.74 Å². The maximum absolute atomic E-state index is 13.8. The summed E-state index contributed by atoms with van der Waals surface area (Å²) in [7, 11) is 0. The normalized spacial score (nSPS) is 10.7. The summed E-state index contributed by atoms with van der Waals surface area (Å²) < 4.78 is 59.6. The van der Waals surface area contributed by atoms with Crippen LogP contribution in [0.1, 0.15) is 26.3 Å². The van der Waals surface area contributed by atoms with Crippen LogP contribution in [-0.4, -0.2) is 17.0 Å². The largest absolute Gasteiger partial charge is 0.545 e. The smallest absolute Gasteiger partial charge is 0.342 e. The van der Waals surface area contributed by atoms with Crippen LogP contribution in [0.15, 0.2) is 12.1 Å². The van der Waals surface area contributed by atoms with Crippen molar-refractivity contribution in [2.75, 3.05) is 0 Å². The Morgan fingerprint density at radius 1 is 1.00 bits per heavy atom. The van der Waals surface area contributed by atoms with Crippen LogP contribution < -0.4 is 5.11 Å². The molecule has 0 unspecified atom stereocenters. The van der Waals surface area contributed by atoms with Gasteiger partial charge in [-0.3, -0.25) is 0 Å². The Kier molecular flexibility index (Phi) is 6.31. The number of hydrogen-bond donors (Lipinski definition) is 1. The van der Waals surface area contributed by atoms with E-state index in [1.54, 1.807) is 28.7 Å². The number of aromatic carboxylic acids is 1. The monoisotopic (exact) mass is 595 g/mol. The molecule has 11 heteroatoms. The van der Waals surface area contributed by atoms with Crippen molar-refractivity contribution >= 4 is 57.1 Å². The Labute approximate surface area is 170 Å². The standard InChI is InChI=1S/C15H6F4I2O5/c16-9-7(14(23)24)8(10(17)12(19)11(9)18)15(25)26-3-4-1-5(20)2-6(21)13(4)22/h1-2,22H,3H2,(H,23,24)/p-1. The van der Waals surface area contributed by atoms with E-state index in [1.807, 2.05) is 22.6 Å². The Balaban J connectivity index is 2.44. The molecule has 0 radical (unpaired) electrons. The zero-order chi connectivity index (χ0) is 19.8. The summed E-state index contributed by atoms with van der Waals surface area (Å²) in [4.78, 5) is 22.9. The first-order valence-electron chi connectivity index (χ1n) is 6.47. The van der Waals surface area contributed by atoms with Crippen molar-refractivity contribution in [2.45, 2.75) is 6.61 Å². The second kappa shape index (κ2) is 7.94. The van der Waals surface area contributed by atoms with Crippen LogP contribution in [0.4, 0.5) is 17.6 Å². The summed E-state index contributed by atoms with van der Waals surface area (Å²) in [6.07, 6.45) is 0. The fraction of sp³-hybridized carbons (Fsp3) is 0.0667. The molecule has 0 atom stereocenters. The number of carbonyl (C=O) groups is 2. The summed E-state index contributed by atoms with van der Waals surface area (Å²) in [6.45, 7) is -0.663. The first-order valence-corrected chi connectivity index (χ1v) is 8.63. The third kappa shape index (κ3) is 3.87. The molecule has 0 aliphatic heterocycles. The lowest BCUT2D eigenvalue weighted by molar-refractivity contribution is -0.255. The average molecular weight is 595 g/mol. The molecule has 0 amide bonds. The van der Waals surface area contributed by atoms with Crippen LogP contribution in [0.2, 0.25) is 0 Å². The van der Waals surface area contributed by atoms with Crippen LogP contribution in [0, 0.1) is 30.4 Å². The SMILES string of the molecule is O=C([O-])c1c(F)c(F)c(F)c(F)c1C(=O)OCc1cc(I)cc(I)c1O.